The van der Waals surface area contributed by atoms with Crippen molar-refractivity contribution in [1.82, 2.24) is 5.32 Å². The van der Waals surface area contributed by atoms with E-state index in [0.717, 1.165) is 45.9 Å². The van der Waals surface area contributed by atoms with Crippen LogP contribution in [0.2, 0.25) is 0 Å². The number of hydrogen-bond donors (Lipinski definition) is 1. The SMILES string of the molecule is CCCNCCCCCOCCOCCC. The molecule has 0 unspecified atom stereocenters. The van der Waals surface area contributed by atoms with Gasteiger partial charge in [0.05, 0.1) is 13.2 Å². The molecule has 0 aliphatic carbocycles. The molecule has 0 bridgehead atoms. The molecule has 0 amide bonds. The molecule has 0 aliphatic heterocycles. The fraction of sp³-hybridized carbons (Fsp3) is 1.00. The molecule has 1 N–H and O–H groups in total. The average molecular weight is 231 g/mol. The van der Waals surface area contributed by atoms with Crippen LogP contribution in [0.5, 0.6) is 0 Å². The van der Waals surface area contributed by atoms with Gasteiger partial charge in [0.2, 0.25) is 0 Å². The van der Waals surface area contributed by atoms with Gasteiger partial charge in [0.15, 0.2) is 0 Å². The van der Waals surface area contributed by atoms with E-state index in [0.29, 0.717) is 0 Å². The van der Waals surface area contributed by atoms with Crippen molar-refractivity contribution in [1.29, 1.82) is 0 Å². The molecular formula is C13H29NO2. The second kappa shape index (κ2) is 14.9. The first-order valence-electron chi connectivity index (χ1n) is 6.78. The molecule has 0 saturated heterocycles. The highest BCUT2D eigenvalue weighted by atomic mass is 16.5. The standard InChI is InChI=1S/C13H29NO2/c1-3-8-14-9-6-5-7-11-16-13-12-15-10-4-2/h14H,3-13H2,1-2H3. The van der Waals surface area contributed by atoms with E-state index >= 15 is 0 Å². The molecule has 0 spiro atoms. The van der Waals surface area contributed by atoms with Crippen LogP contribution in [-0.4, -0.2) is 39.5 Å². The molecule has 0 heterocycles. The summed E-state index contributed by atoms with van der Waals surface area (Å²) in [5.41, 5.74) is 0. The summed E-state index contributed by atoms with van der Waals surface area (Å²) in [6, 6.07) is 0. The lowest BCUT2D eigenvalue weighted by Crippen LogP contribution is -2.15. The van der Waals surface area contributed by atoms with Gasteiger partial charge in [-0.05, 0) is 45.2 Å². The molecule has 0 fully saturated rings. The highest BCUT2D eigenvalue weighted by Crippen LogP contribution is 1.95. The van der Waals surface area contributed by atoms with Crippen LogP contribution in [0.3, 0.4) is 0 Å². The Bertz CT molecular complexity index is 107. The second-order valence-corrected chi connectivity index (χ2v) is 4.04. The van der Waals surface area contributed by atoms with Crippen LogP contribution in [0.25, 0.3) is 0 Å². The van der Waals surface area contributed by atoms with Gasteiger partial charge < -0.3 is 14.8 Å². The van der Waals surface area contributed by atoms with Crippen LogP contribution in [0.4, 0.5) is 0 Å². The largest absolute Gasteiger partial charge is 0.379 e. The van der Waals surface area contributed by atoms with Crippen molar-refractivity contribution in [3.05, 3.63) is 0 Å². The third kappa shape index (κ3) is 13.9. The second-order valence-electron chi connectivity index (χ2n) is 4.04. The Morgan fingerprint density at radius 3 is 2.12 bits per heavy atom. The normalized spacial score (nSPS) is 10.9. The van der Waals surface area contributed by atoms with Crippen LogP contribution in [0, 0.1) is 0 Å². The van der Waals surface area contributed by atoms with Gasteiger partial charge in [-0.15, -0.1) is 0 Å². The van der Waals surface area contributed by atoms with Crippen molar-refractivity contribution in [2.45, 2.75) is 46.0 Å². The minimum atomic E-state index is 0.742. The van der Waals surface area contributed by atoms with Crippen LogP contribution >= 0.6 is 0 Å². The van der Waals surface area contributed by atoms with Crippen molar-refractivity contribution in [2.75, 3.05) is 39.5 Å². The van der Waals surface area contributed by atoms with Crippen LogP contribution in [-0.2, 0) is 9.47 Å². The monoisotopic (exact) mass is 231 g/mol. The maximum absolute atomic E-state index is 5.46. The Labute approximate surface area is 101 Å². The highest BCUT2D eigenvalue weighted by molar-refractivity contribution is 4.47. The predicted molar refractivity (Wildman–Crippen MR) is 68.9 cm³/mol. The van der Waals surface area contributed by atoms with Crippen LogP contribution in [0.15, 0.2) is 0 Å². The average Bonchev–Trinajstić information content (AvgIpc) is 2.31. The molecule has 0 aliphatic rings. The molecule has 3 heteroatoms. The molecule has 0 aromatic rings. The van der Waals surface area contributed by atoms with Gasteiger partial charge in [0.1, 0.15) is 0 Å². The molecule has 16 heavy (non-hydrogen) atoms. The van der Waals surface area contributed by atoms with E-state index < -0.39 is 0 Å². The van der Waals surface area contributed by atoms with Crippen molar-refractivity contribution < 1.29 is 9.47 Å². The van der Waals surface area contributed by atoms with Gasteiger partial charge in [-0.3, -0.25) is 0 Å². The quantitative estimate of drug-likeness (QED) is 0.494. The zero-order valence-corrected chi connectivity index (χ0v) is 11.1. The third-order valence-electron chi connectivity index (χ3n) is 2.29. The van der Waals surface area contributed by atoms with Gasteiger partial charge in [-0.2, -0.15) is 0 Å². The van der Waals surface area contributed by atoms with Gasteiger partial charge in [-0.25, -0.2) is 0 Å². The van der Waals surface area contributed by atoms with Crippen molar-refractivity contribution in [2.24, 2.45) is 0 Å². The Hall–Kier alpha value is -0.120. The van der Waals surface area contributed by atoms with E-state index in [1.807, 2.05) is 0 Å². The zero-order valence-electron chi connectivity index (χ0n) is 11.1. The van der Waals surface area contributed by atoms with E-state index in [2.05, 4.69) is 19.2 Å². The van der Waals surface area contributed by atoms with Crippen LogP contribution in [0.1, 0.15) is 46.0 Å². The first-order valence-corrected chi connectivity index (χ1v) is 6.78. The van der Waals surface area contributed by atoms with Crippen molar-refractivity contribution >= 4 is 0 Å². The third-order valence-corrected chi connectivity index (χ3v) is 2.29. The Morgan fingerprint density at radius 2 is 1.44 bits per heavy atom. The lowest BCUT2D eigenvalue weighted by atomic mass is 10.2. The van der Waals surface area contributed by atoms with Crippen molar-refractivity contribution in [3.8, 4) is 0 Å². The molecular weight excluding hydrogens is 202 g/mol. The summed E-state index contributed by atoms with van der Waals surface area (Å²) < 4.78 is 10.8. The van der Waals surface area contributed by atoms with E-state index in [1.165, 1.54) is 25.7 Å². The summed E-state index contributed by atoms with van der Waals surface area (Å²) in [5, 5.41) is 3.40. The molecule has 3 nitrogen and oxygen atoms in total. The minimum absolute atomic E-state index is 0.742. The Balaban J connectivity index is 2.83. The minimum Gasteiger partial charge on any atom is -0.379 e. The Morgan fingerprint density at radius 1 is 0.688 bits per heavy atom. The maximum Gasteiger partial charge on any atom is 0.0700 e. The zero-order chi connectivity index (χ0) is 11.9. The molecule has 0 saturated carbocycles. The topological polar surface area (TPSA) is 30.5 Å². The van der Waals surface area contributed by atoms with Gasteiger partial charge in [0.25, 0.3) is 0 Å². The summed E-state index contributed by atoms with van der Waals surface area (Å²) in [6.07, 6.45) is 6.00. The summed E-state index contributed by atoms with van der Waals surface area (Å²) in [7, 11) is 0. The number of nitrogens with one attached hydrogen (secondary N) is 1. The van der Waals surface area contributed by atoms with E-state index in [1.54, 1.807) is 0 Å². The summed E-state index contributed by atoms with van der Waals surface area (Å²) in [5.74, 6) is 0. The molecule has 0 atom stereocenters. The van der Waals surface area contributed by atoms with Gasteiger partial charge >= 0.3 is 0 Å². The lowest BCUT2D eigenvalue weighted by molar-refractivity contribution is 0.0466. The molecule has 98 valence electrons. The molecule has 0 radical (unpaired) electrons. The Kier molecular flexibility index (Phi) is 14.8. The first kappa shape index (κ1) is 15.9. The highest BCUT2D eigenvalue weighted by Gasteiger charge is 1.91. The lowest BCUT2D eigenvalue weighted by Gasteiger charge is -2.05. The number of rotatable bonds is 13. The smallest absolute Gasteiger partial charge is 0.0700 e. The van der Waals surface area contributed by atoms with Crippen LogP contribution < -0.4 is 5.32 Å². The summed E-state index contributed by atoms with van der Waals surface area (Å²) in [4.78, 5) is 0. The predicted octanol–water partition coefficient (Wildman–Crippen LogP) is 2.60. The molecule has 0 rings (SSSR count). The number of hydrogen-bond acceptors (Lipinski definition) is 3. The number of ether oxygens (including phenoxy) is 2. The van der Waals surface area contributed by atoms with E-state index in [9.17, 15) is 0 Å². The van der Waals surface area contributed by atoms with E-state index in [4.69, 9.17) is 9.47 Å². The summed E-state index contributed by atoms with van der Waals surface area (Å²) >= 11 is 0. The molecule has 0 aromatic carbocycles. The van der Waals surface area contributed by atoms with E-state index in [-0.39, 0.29) is 0 Å². The summed E-state index contributed by atoms with van der Waals surface area (Å²) in [6.45, 7) is 9.82. The first-order chi connectivity index (χ1) is 7.91. The maximum atomic E-state index is 5.46. The number of unbranched alkanes of at least 4 members (excludes halogenated alkanes) is 2. The molecule has 0 aromatic heterocycles. The van der Waals surface area contributed by atoms with Gasteiger partial charge in [-0.1, -0.05) is 13.8 Å². The van der Waals surface area contributed by atoms with Crippen molar-refractivity contribution in [3.63, 3.8) is 0 Å². The fourth-order valence-electron chi connectivity index (χ4n) is 1.40. The fourth-order valence-corrected chi connectivity index (χ4v) is 1.40. The van der Waals surface area contributed by atoms with Gasteiger partial charge in [0, 0.05) is 13.2 Å².